The summed E-state index contributed by atoms with van der Waals surface area (Å²) in [4.78, 5) is 1.79. The molecule has 1 aromatic carbocycles. The Morgan fingerprint density at radius 3 is 2.79 bits per heavy atom. The highest BCUT2D eigenvalue weighted by Crippen LogP contribution is 2.29. The van der Waals surface area contributed by atoms with Crippen molar-refractivity contribution in [3.63, 3.8) is 0 Å². The molecule has 0 fully saturated rings. The topological polar surface area (TPSA) is 41.3 Å². The summed E-state index contributed by atoms with van der Waals surface area (Å²) in [5, 5.41) is 13.8. The first-order valence-corrected chi connectivity index (χ1v) is 6.14. The fourth-order valence-electron chi connectivity index (χ4n) is 2.18. The number of hydrogen-bond acceptors (Lipinski definition) is 3. The van der Waals surface area contributed by atoms with Gasteiger partial charge in [0.2, 0.25) is 0 Å². The number of aromatic nitrogens is 2. The van der Waals surface area contributed by atoms with Crippen molar-refractivity contribution in [2.75, 3.05) is 11.9 Å². The summed E-state index contributed by atoms with van der Waals surface area (Å²) < 4.78 is 15.7. The Morgan fingerprint density at radius 1 is 1.47 bits per heavy atom. The number of anilines is 1. The van der Waals surface area contributed by atoms with Gasteiger partial charge in [-0.3, -0.25) is 4.68 Å². The van der Waals surface area contributed by atoms with Crippen LogP contribution in [-0.4, -0.2) is 21.9 Å². The standard InChI is InChI=1S/C14H18FN3O/c1-10(19)12-5-4-6-13(15)14(12)17(2)8-11-7-16-18(3)9-11/h4-7,9-10,19H,8H2,1-3H3/t10-/m1/s1. The van der Waals surface area contributed by atoms with Crippen LogP contribution in [0, 0.1) is 5.82 Å². The SMILES string of the molecule is C[C@@H](O)c1cccc(F)c1N(C)Cc1cnn(C)c1. The fraction of sp³-hybridized carbons (Fsp3) is 0.357. The van der Waals surface area contributed by atoms with Gasteiger partial charge in [-0.25, -0.2) is 4.39 Å². The predicted octanol–water partition coefficient (Wildman–Crippen LogP) is 2.25. The minimum Gasteiger partial charge on any atom is -0.389 e. The summed E-state index contributed by atoms with van der Waals surface area (Å²) in [6, 6.07) is 4.75. The molecule has 2 aromatic rings. The lowest BCUT2D eigenvalue weighted by Crippen LogP contribution is -2.20. The first kappa shape index (κ1) is 13.5. The maximum atomic E-state index is 14.0. The molecular weight excluding hydrogens is 245 g/mol. The lowest BCUT2D eigenvalue weighted by atomic mass is 10.1. The first-order valence-electron chi connectivity index (χ1n) is 6.14. The molecule has 1 aromatic heterocycles. The molecule has 2 rings (SSSR count). The second-order valence-electron chi connectivity index (χ2n) is 4.73. The van der Waals surface area contributed by atoms with Crippen molar-refractivity contribution in [2.45, 2.75) is 19.6 Å². The quantitative estimate of drug-likeness (QED) is 0.920. The molecule has 19 heavy (non-hydrogen) atoms. The van der Waals surface area contributed by atoms with E-state index in [1.54, 1.807) is 41.9 Å². The molecule has 0 spiro atoms. The van der Waals surface area contributed by atoms with Gasteiger partial charge in [-0.2, -0.15) is 5.10 Å². The molecule has 0 bridgehead atoms. The zero-order valence-corrected chi connectivity index (χ0v) is 11.3. The second kappa shape index (κ2) is 5.40. The Kier molecular flexibility index (Phi) is 3.85. The van der Waals surface area contributed by atoms with E-state index >= 15 is 0 Å². The van der Waals surface area contributed by atoms with Gasteiger partial charge in [-0.15, -0.1) is 0 Å². The molecule has 0 amide bonds. The normalized spacial score (nSPS) is 12.5. The molecule has 1 N–H and O–H groups in total. The van der Waals surface area contributed by atoms with Gasteiger partial charge in [-0.1, -0.05) is 12.1 Å². The highest BCUT2D eigenvalue weighted by Gasteiger charge is 2.16. The smallest absolute Gasteiger partial charge is 0.146 e. The molecule has 0 aliphatic rings. The highest BCUT2D eigenvalue weighted by atomic mass is 19.1. The van der Waals surface area contributed by atoms with Gasteiger partial charge in [0.15, 0.2) is 0 Å². The van der Waals surface area contributed by atoms with Crippen LogP contribution in [0.5, 0.6) is 0 Å². The van der Waals surface area contributed by atoms with Crippen LogP contribution in [0.1, 0.15) is 24.2 Å². The van der Waals surface area contributed by atoms with E-state index in [1.807, 2.05) is 13.2 Å². The predicted molar refractivity (Wildman–Crippen MR) is 72.3 cm³/mol. The average Bonchev–Trinajstić information content (AvgIpc) is 2.74. The molecule has 1 atom stereocenters. The molecule has 0 unspecified atom stereocenters. The molecule has 0 radical (unpaired) electrons. The minimum atomic E-state index is -0.706. The molecule has 0 aliphatic heterocycles. The monoisotopic (exact) mass is 263 g/mol. The van der Waals surface area contributed by atoms with Gasteiger partial charge in [0.1, 0.15) is 5.82 Å². The van der Waals surface area contributed by atoms with E-state index in [1.165, 1.54) is 6.07 Å². The largest absolute Gasteiger partial charge is 0.389 e. The number of aryl methyl sites for hydroxylation is 1. The van der Waals surface area contributed by atoms with Crippen LogP contribution in [-0.2, 0) is 13.6 Å². The fourth-order valence-corrected chi connectivity index (χ4v) is 2.18. The molecule has 102 valence electrons. The number of hydrogen-bond donors (Lipinski definition) is 1. The van der Waals surface area contributed by atoms with Gasteiger partial charge >= 0.3 is 0 Å². The molecule has 0 saturated carbocycles. The van der Waals surface area contributed by atoms with E-state index in [-0.39, 0.29) is 5.82 Å². The van der Waals surface area contributed by atoms with E-state index in [0.717, 1.165) is 5.56 Å². The molecule has 0 aliphatic carbocycles. The van der Waals surface area contributed by atoms with Crippen LogP contribution in [0.4, 0.5) is 10.1 Å². The van der Waals surface area contributed by atoms with E-state index in [9.17, 15) is 9.50 Å². The van der Waals surface area contributed by atoms with Gasteiger partial charge < -0.3 is 10.0 Å². The molecular formula is C14H18FN3O. The Labute approximate surface area is 112 Å². The van der Waals surface area contributed by atoms with E-state index < -0.39 is 6.10 Å². The van der Waals surface area contributed by atoms with E-state index in [4.69, 9.17) is 0 Å². The van der Waals surface area contributed by atoms with Crippen molar-refractivity contribution in [3.8, 4) is 0 Å². The Balaban J connectivity index is 2.30. The van der Waals surface area contributed by atoms with E-state index in [0.29, 0.717) is 17.8 Å². The number of halogens is 1. The van der Waals surface area contributed by atoms with Crippen molar-refractivity contribution in [1.29, 1.82) is 0 Å². The summed E-state index contributed by atoms with van der Waals surface area (Å²) in [6.45, 7) is 2.17. The maximum Gasteiger partial charge on any atom is 0.146 e. The number of aliphatic hydroxyl groups excluding tert-OH is 1. The highest BCUT2D eigenvalue weighted by molar-refractivity contribution is 5.55. The number of rotatable bonds is 4. The number of para-hydroxylation sites is 1. The van der Waals surface area contributed by atoms with Crippen LogP contribution in [0.25, 0.3) is 0 Å². The van der Waals surface area contributed by atoms with Crippen molar-refractivity contribution in [3.05, 3.63) is 47.5 Å². The summed E-state index contributed by atoms with van der Waals surface area (Å²) in [6.07, 6.45) is 2.93. The van der Waals surface area contributed by atoms with Crippen molar-refractivity contribution >= 4 is 5.69 Å². The molecule has 5 heteroatoms. The lowest BCUT2D eigenvalue weighted by molar-refractivity contribution is 0.199. The van der Waals surface area contributed by atoms with Crippen molar-refractivity contribution in [2.24, 2.45) is 7.05 Å². The van der Waals surface area contributed by atoms with E-state index in [2.05, 4.69) is 5.10 Å². The Morgan fingerprint density at radius 2 is 2.21 bits per heavy atom. The summed E-state index contributed by atoms with van der Waals surface area (Å²) >= 11 is 0. The van der Waals surface area contributed by atoms with Crippen LogP contribution in [0.15, 0.2) is 30.6 Å². The van der Waals surface area contributed by atoms with Crippen LogP contribution in [0.3, 0.4) is 0 Å². The summed E-state index contributed by atoms with van der Waals surface area (Å²) in [5.41, 5.74) is 2.01. The van der Waals surface area contributed by atoms with Gasteiger partial charge in [0, 0.05) is 38.0 Å². The number of aliphatic hydroxyl groups is 1. The minimum absolute atomic E-state index is 0.329. The average molecular weight is 263 g/mol. The third-order valence-electron chi connectivity index (χ3n) is 3.03. The molecule has 1 heterocycles. The zero-order chi connectivity index (χ0) is 14.0. The molecule has 0 saturated heterocycles. The third-order valence-corrected chi connectivity index (χ3v) is 3.03. The van der Waals surface area contributed by atoms with Crippen molar-refractivity contribution < 1.29 is 9.50 Å². The molecule has 4 nitrogen and oxygen atoms in total. The van der Waals surface area contributed by atoms with Crippen LogP contribution >= 0.6 is 0 Å². The maximum absolute atomic E-state index is 14.0. The van der Waals surface area contributed by atoms with Gasteiger partial charge in [0.25, 0.3) is 0 Å². The Hall–Kier alpha value is -1.88. The number of benzene rings is 1. The third kappa shape index (κ3) is 2.93. The van der Waals surface area contributed by atoms with Crippen molar-refractivity contribution in [1.82, 2.24) is 9.78 Å². The van der Waals surface area contributed by atoms with Gasteiger partial charge in [-0.05, 0) is 13.0 Å². The van der Waals surface area contributed by atoms with Gasteiger partial charge in [0.05, 0.1) is 18.0 Å². The summed E-state index contributed by atoms with van der Waals surface area (Å²) in [5.74, 6) is -0.329. The first-order chi connectivity index (χ1) is 8.99. The Bertz CT molecular complexity index is 566. The van der Waals surface area contributed by atoms with Crippen LogP contribution < -0.4 is 4.90 Å². The second-order valence-corrected chi connectivity index (χ2v) is 4.73. The lowest BCUT2D eigenvalue weighted by Gasteiger charge is -2.23. The van der Waals surface area contributed by atoms with Crippen LogP contribution in [0.2, 0.25) is 0 Å². The number of nitrogens with zero attached hydrogens (tertiary/aromatic N) is 3. The zero-order valence-electron chi connectivity index (χ0n) is 11.3. The summed E-state index contributed by atoms with van der Waals surface area (Å²) in [7, 11) is 3.64.